The van der Waals surface area contributed by atoms with Gasteiger partial charge in [0.1, 0.15) is 0 Å². The normalized spacial score (nSPS) is 28.3. The van der Waals surface area contributed by atoms with E-state index in [2.05, 4.69) is 17.0 Å². The Morgan fingerprint density at radius 3 is 2.69 bits per heavy atom. The lowest BCUT2D eigenvalue weighted by atomic mass is 9.70. The van der Waals surface area contributed by atoms with Crippen molar-refractivity contribution in [2.24, 2.45) is 5.92 Å². The third kappa shape index (κ3) is 4.50. The Balaban J connectivity index is 1.83. The molecule has 1 aliphatic heterocycles. The van der Waals surface area contributed by atoms with Crippen LogP contribution in [0.25, 0.3) is 0 Å². The fourth-order valence-electron chi connectivity index (χ4n) is 4.70. The maximum absolute atomic E-state index is 11.2. The summed E-state index contributed by atoms with van der Waals surface area (Å²) in [6.07, 6.45) is 10.1. The van der Waals surface area contributed by atoms with Gasteiger partial charge in [-0.1, -0.05) is 19.3 Å². The van der Waals surface area contributed by atoms with Gasteiger partial charge in [0, 0.05) is 28.7 Å². The van der Waals surface area contributed by atoms with Crippen molar-refractivity contribution in [1.29, 1.82) is 0 Å². The molecule has 148 valence electrons. The molecule has 0 radical (unpaired) electrons. The molecule has 1 saturated carbocycles. The van der Waals surface area contributed by atoms with Gasteiger partial charge in [0.2, 0.25) is 0 Å². The molecular formula is C19H31NO4S2. The number of hydrogen-bond acceptors (Lipinski definition) is 6. The molecule has 1 N–H and O–H groups in total. The standard InChI is InChI=1S/C19H31NO4S2/c1-26(22,23)24-14-10-17-8-9-18(25-17)19(20-12-5-2-6-13-20)11-4-3-7-16(19)15-21/h8-9,16,21H,2-7,10-15H2,1H3/t16-,19+/m0/s1. The minimum absolute atomic E-state index is 0.0476. The molecule has 2 heterocycles. The van der Waals surface area contributed by atoms with Gasteiger partial charge in [0.25, 0.3) is 10.1 Å². The summed E-state index contributed by atoms with van der Waals surface area (Å²) in [5.74, 6) is 0.285. The highest BCUT2D eigenvalue weighted by atomic mass is 32.2. The topological polar surface area (TPSA) is 66.8 Å². The largest absolute Gasteiger partial charge is 0.396 e. The Kier molecular flexibility index (Phi) is 6.78. The van der Waals surface area contributed by atoms with Crippen molar-refractivity contribution in [2.45, 2.75) is 56.9 Å². The number of nitrogens with zero attached hydrogens (tertiary/aromatic N) is 1. The second-order valence-electron chi connectivity index (χ2n) is 7.64. The zero-order chi connectivity index (χ0) is 18.6. The van der Waals surface area contributed by atoms with Gasteiger partial charge in [-0.25, -0.2) is 0 Å². The van der Waals surface area contributed by atoms with Gasteiger partial charge < -0.3 is 5.11 Å². The summed E-state index contributed by atoms with van der Waals surface area (Å²) in [7, 11) is -3.39. The molecule has 1 saturated heterocycles. The molecule has 2 aliphatic rings. The van der Waals surface area contributed by atoms with Crippen LogP contribution in [0.15, 0.2) is 12.1 Å². The maximum Gasteiger partial charge on any atom is 0.264 e. The molecule has 7 heteroatoms. The molecule has 2 atom stereocenters. The van der Waals surface area contributed by atoms with Crippen molar-refractivity contribution < 1.29 is 17.7 Å². The quantitative estimate of drug-likeness (QED) is 0.711. The van der Waals surface area contributed by atoms with Crippen LogP contribution in [0.4, 0.5) is 0 Å². The van der Waals surface area contributed by atoms with E-state index in [4.69, 9.17) is 4.18 Å². The van der Waals surface area contributed by atoms with Crippen molar-refractivity contribution in [2.75, 3.05) is 32.6 Å². The van der Waals surface area contributed by atoms with Crippen molar-refractivity contribution in [3.63, 3.8) is 0 Å². The number of piperidine rings is 1. The zero-order valence-corrected chi connectivity index (χ0v) is 17.3. The van der Waals surface area contributed by atoms with Crippen molar-refractivity contribution in [1.82, 2.24) is 4.90 Å². The molecule has 0 aromatic carbocycles. The lowest BCUT2D eigenvalue weighted by molar-refractivity contribution is -0.0360. The molecule has 3 rings (SSSR count). The van der Waals surface area contributed by atoms with E-state index < -0.39 is 10.1 Å². The van der Waals surface area contributed by atoms with E-state index in [1.807, 2.05) is 0 Å². The predicted octanol–water partition coefficient (Wildman–Crippen LogP) is 3.13. The molecule has 1 aliphatic carbocycles. The fourth-order valence-corrected chi connectivity index (χ4v) is 6.40. The molecule has 0 bridgehead atoms. The van der Waals surface area contributed by atoms with E-state index in [-0.39, 0.29) is 24.7 Å². The van der Waals surface area contributed by atoms with Crippen LogP contribution in [0, 0.1) is 5.92 Å². The molecule has 2 fully saturated rings. The molecule has 1 aromatic heterocycles. The van der Waals surface area contributed by atoms with Crippen LogP contribution in [0.5, 0.6) is 0 Å². The van der Waals surface area contributed by atoms with Crippen LogP contribution in [-0.4, -0.2) is 51.0 Å². The van der Waals surface area contributed by atoms with Crippen molar-refractivity contribution >= 4 is 21.5 Å². The second kappa shape index (κ2) is 8.69. The van der Waals surface area contributed by atoms with Gasteiger partial charge in [-0.15, -0.1) is 11.3 Å². The molecule has 0 spiro atoms. The number of aliphatic hydroxyl groups is 1. The summed E-state index contributed by atoms with van der Waals surface area (Å²) >= 11 is 1.77. The molecule has 0 unspecified atom stereocenters. The third-order valence-electron chi connectivity index (χ3n) is 5.91. The molecule has 0 amide bonds. The Labute approximate surface area is 161 Å². The first kappa shape index (κ1) is 20.3. The third-order valence-corrected chi connectivity index (χ3v) is 7.82. The highest BCUT2D eigenvalue weighted by Crippen LogP contribution is 2.49. The van der Waals surface area contributed by atoms with Crippen LogP contribution in [0.2, 0.25) is 0 Å². The molecule has 26 heavy (non-hydrogen) atoms. The van der Waals surface area contributed by atoms with Crippen LogP contribution >= 0.6 is 11.3 Å². The lowest BCUT2D eigenvalue weighted by Gasteiger charge is -2.52. The van der Waals surface area contributed by atoms with Crippen LogP contribution in [-0.2, 0) is 26.3 Å². The van der Waals surface area contributed by atoms with Gasteiger partial charge in [0.15, 0.2) is 0 Å². The first-order chi connectivity index (χ1) is 12.5. The van der Waals surface area contributed by atoms with Crippen LogP contribution < -0.4 is 0 Å². The van der Waals surface area contributed by atoms with E-state index in [1.54, 1.807) is 11.3 Å². The van der Waals surface area contributed by atoms with Crippen molar-refractivity contribution in [3.05, 3.63) is 21.9 Å². The SMILES string of the molecule is CS(=O)(=O)OCCc1ccc([C@@]2(N3CCCCC3)CCCC[C@H]2CO)s1. The van der Waals surface area contributed by atoms with Crippen molar-refractivity contribution in [3.8, 4) is 0 Å². The highest BCUT2D eigenvalue weighted by Gasteiger charge is 2.47. The van der Waals surface area contributed by atoms with Gasteiger partial charge in [-0.2, -0.15) is 8.42 Å². The highest BCUT2D eigenvalue weighted by molar-refractivity contribution is 7.85. The Morgan fingerprint density at radius 1 is 1.23 bits per heavy atom. The van der Waals surface area contributed by atoms with E-state index in [9.17, 15) is 13.5 Å². The summed E-state index contributed by atoms with van der Waals surface area (Å²) in [4.78, 5) is 5.13. The van der Waals surface area contributed by atoms with E-state index in [0.717, 1.165) is 37.1 Å². The first-order valence-electron chi connectivity index (χ1n) is 9.75. The fraction of sp³-hybridized carbons (Fsp3) is 0.789. The Bertz CT molecular complexity index is 681. The van der Waals surface area contributed by atoms with E-state index in [0.29, 0.717) is 6.42 Å². The molecular weight excluding hydrogens is 370 g/mol. The minimum Gasteiger partial charge on any atom is -0.396 e. The monoisotopic (exact) mass is 401 g/mol. The maximum atomic E-state index is 11.2. The Morgan fingerprint density at radius 2 is 2.00 bits per heavy atom. The summed E-state index contributed by atoms with van der Waals surface area (Å²) in [6.45, 7) is 2.65. The smallest absolute Gasteiger partial charge is 0.264 e. The number of thiophene rings is 1. The molecule has 1 aromatic rings. The first-order valence-corrected chi connectivity index (χ1v) is 12.4. The van der Waals surface area contributed by atoms with Gasteiger partial charge >= 0.3 is 0 Å². The average molecular weight is 402 g/mol. The number of rotatable bonds is 7. The number of aliphatic hydroxyl groups excluding tert-OH is 1. The van der Waals surface area contributed by atoms with Crippen LogP contribution in [0.1, 0.15) is 54.7 Å². The van der Waals surface area contributed by atoms with Gasteiger partial charge in [-0.3, -0.25) is 9.08 Å². The minimum atomic E-state index is -3.39. The summed E-state index contributed by atoms with van der Waals surface area (Å²) < 4.78 is 27.2. The second-order valence-corrected chi connectivity index (χ2v) is 10.5. The van der Waals surface area contributed by atoms with Gasteiger partial charge in [0.05, 0.1) is 18.4 Å². The lowest BCUT2D eigenvalue weighted by Crippen LogP contribution is -2.55. The number of likely N-dealkylation sites (tertiary alicyclic amines) is 1. The summed E-state index contributed by atoms with van der Waals surface area (Å²) in [5, 5.41) is 10.1. The van der Waals surface area contributed by atoms with Gasteiger partial charge in [-0.05, 0) is 50.9 Å². The number of hydrogen-bond donors (Lipinski definition) is 1. The zero-order valence-electron chi connectivity index (χ0n) is 15.7. The molecule has 5 nitrogen and oxygen atoms in total. The summed E-state index contributed by atoms with van der Waals surface area (Å²) in [6, 6.07) is 4.32. The van der Waals surface area contributed by atoms with E-state index in [1.165, 1.54) is 37.0 Å². The predicted molar refractivity (Wildman–Crippen MR) is 105 cm³/mol. The summed E-state index contributed by atoms with van der Waals surface area (Å²) in [5.41, 5.74) is -0.0476. The van der Waals surface area contributed by atoms with Crippen LogP contribution in [0.3, 0.4) is 0 Å². The average Bonchev–Trinajstić information content (AvgIpc) is 3.10. The van der Waals surface area contributed by atoms with E-state index >= 15 is 0 Å². The Hall–Kier alpha value is -0.470.